The number of fused-ring (bicyclic) bond motifs is 2. The highest BCUT2D eigenvalue weighted by Crippen LogP contribution is 2.32. The van der Waals surface area contributed by atoms with Gasteiger partial charge in [-0.2, -0.15) is 4.52 Å². The Morgan fingerprint density at radius 1 is 1.00 bits per heavy atom. The predicted octanol–water partition coefficient (Wildman–Crippen LogP) is 3.36. The Kier molecular flexibility index (Phi) is 5.44. The minimum atomic E-state index is -0.0120. The van der Waals surface area contributed by atoms with Gasteiger partial charge in [-0.3, -0.25) is 4.79 Å². The van der Waals surface area contributed by atoms with Crippen LogP contribution in [0.3, 0.4) is 0 Å². The number of piperidine rings is 1. The Balaban J connectivity index is 1.09. The minimum absolute atomic E-state index is 0.0120. The number of amides is 1. The van der Waals surface area contributed by atoms with Crippen LogP contribution in [0.15, 0.2) is 54.6 Å². The van der Waals surface area contributed by atoms with E-state index in [1.807, 2.05) is 42.5 Å². The molecule has 2 aromatic heterocycles. The van der Waals surface area contributed by atoms with Crippen molar-refractivity contribution < 1.29 is 14.3 Å². The number of benzene rings is 2. The van der Waals surface area contributed by atoms with E-state index in [0.717, 1.165) is 60.2 Å². The zero-order valence-corrected chi connectivity index (χ0v) is 19.5. The molecule has 0 bridgehead atoms. The average molecular weight is 471 g/mol. The molecule has 6 rings (SSSR count). The van der Waals surface area contributed by atoms with Crippen LogP contribution in [0.5, 0.6) is 11.5 Å². The third-order valence-electron chi connectivity index (χ3n) is 6.65. The number of hydrogen-bond acceptors (Lipinski definition) is 7. The largest absolute Gasteiger partial charge is 0.454 e. The van der Waals surface area contributed by atoms with E-state index in [1.54, 1.807) is 4.52 Å². The fourth-order valence-electron chi connectivity index (χ4n) is 4.59. The highest BCUT2D eigenvalue weighted by molar-refractivity contribution is 5.79. The van der Waals surface area contributed by atoms with Crippen LogP contribution < -0.4 is 19.7 Å². The van der Waals surface area contributed by atoms with Crippen molar-refractivity contribution >= 4 is 17.4 Å². The maximum Gasteiger partial charge on any atom is 0.231 e. The Labute approximate surface area is 202 Å². The number of nitrogens with one attached hydrogen (secondary N) is 1. The van der Waals surface area contributed by atoms with E-state index in [2.05, 4.69) is 39.5 Å². The second-order valence-corrected chi connectivity index (χ2v) is 9.02. The maximum atomic E-state index is 12.8. The summed E-state index contributed by atoms with van der Waals surface area (Å²) in [6.07, 6.45) is 1.55. The standard InChI is InChI=1S/C26H26N6O3/c1-17-2-5-19(6-3-17)25-29-28-23-8-9-24(30-32(23)25)31-12-10-20(11-13-31)26(33)27-15-18-4-7-21-22(14-18)35-16-34-21/h2-9,14,20H,10-13,15-16H2,1H3,(H,27,33). The molecule has 0 aliphatic carbocycles. The van der Waals surface area contributed by atoms with Gasteiger partial charge in [-0.25, -0.2) is 0 Å². The van der Waals surface area contributed by atoms with Gasteiger partial charge in [0.2, 0.25) is 12.7 Å². The van der Waals surface area contributed by atoms with Crippen LogP contribution in [0.25, 0.3) is 17.0 Å². The van der Waals surface area contributed by atoms with Gasteiger partial charge in [-0.15, -0.1) is 15.3 Å². The van der Waals surface area contributed by atoms with Gasteiger partial charge in [-0.05, 0) is 49.6 Å². The molecule has 9 heteroatoms. The van der Waals surface area contributed by atoms with Crippen molar-refractivity contribution in [2.75, 3.05) is 24.8 Å². The van der Waals surface area contributed by atoms with Gasteiger partial charge in [0.05, 0.1) is 0 Å². The van der Waals surface area contributed by atoms with Crippen molar-refractivity contribution in [2.45, 2.75) is 26.3 Å². The number of carbonyl (C=O) groups is 1. The molecule has 4 heterocycles. The fraction of sp³-hybridized carbons (Fsp3) is 0.308. The third kappa shape index (κ3) is 4.25. The van der Waals surface area contributed by atoms with Crippen LogP contribution in [-0.2, 0) is 11.3 Å². The maximum absolute atomic E-state index is 12.8. The van der Waals surface area contributed by atoms with Crippen molar-refractivity contribution in [1.82, 2.24) is 25.1 Å². The number of rotatable bonds is 5. The van der Waals surface area contributed by atoms with E-state index >= 15 is 0 Å². The van der Waals surface area contributed by atoms with Crippen LogP contribution in [0.2, 0.25) is 0 Å². The van der Waals surface area contributed by atoms with Crippen LogP contribution in [0, 0.1) is 12.8 Å². The van der Waals surface area contributed by atoms with Crippen molar-refractivity contribution in [3.8, 4) is 22.9 Å². The molecular formula is C26H26N6O3. The molecule has 1 N–H and O–H groups in total. The predicted molar refractivity (Wildman–Crippen MR) is 130 cm³/mol. The lowest BCUT2D eigenvalue weighted by molar-refractivity contribution is -0.125. The molecule has 2 aliphatic heterocycles. The molecule has 1 amide bonds. The zero-order chi connectivity index (χ0) is 23.8. The summed E-state index contributed by atoms with van der Waals surface area (Å²) < 4.78 is 12.6. The SMILES string of the molecule is Cc1ccc(-c2nnc3ccc(N4CCC(C(=O)NCc5ccc6c(c5)OCO6)CC4)nn23)cc1. The third-order valence-corrected chi connectivity index (χ3v) is 6.65. The Hall–Kier alpha value is -4.14. The normalized spacial score (nSPS) is 15.5. The van der Waals surface area contributed by atoms with Crippen LogP contribution >= 0.6 is 0 Å². The van der Waals surface area contributed by atoms with Gasteiger partial charge in [0.1, 0.15) is 5.82 Å². The van der Waals surface area contributed by atoms with E-state index < -0.39 is 0 Å². The average Bonchev–Trinajstić information content (AvgIpc) is 3.54. The Morgan fingerprint density at radius 2 is 1.80 bits per heavy atom. The minimum Gasteiger partial charge on any atom is -0.454 e. The van der Waals surface area contributed by atoms with Gasteiger partial charge >= 0.3 is 0 Å². The Morgan fingerprint density at radius 3 is 2.63 bits per heavy atom. The topological polar surface area (TPSA) is 93.9 Å². The van der Waals surface area contributed by atoms with E-state index in [4.69, 9.17) is 14.6 Å². The molecule has 35 heavy (non-hydrogen) atoms. The number of ether oxygens (including phenoxy) is 2. The summed E-state index contributed by atoms with van der Waals surface area (Å²) in [6.45, 7) is 4.31. The summed E-state index contributed by atoms with van der Waals surface area (Å²) in [5, 5.41) is 16.5. The summed E-state index contributed by atoms with van der Waals surface area (Å²) in [7, 11) is 0. The van der Waals surface area contributed by atoms with Gasteiger partial charge in [0, 0.05) is 31.1 Å². The first-order valence-electron chi connectivity index (χ1n) is 11.8. The van der Waals surface area contributed by atoms with E-state index in [0.29, 0.717) is 12.2 Å². The second-order valence-electron chi connectivity index (χ2n) is 9.02. The summed E-state index contributed by atoms with van der Waals surface area (Å²) in [4.78, 5) is 15.0. The van der Waals surface area contributed by atoms with Gasteiger partial charge in [0.15, 0.2) is 23.0 Å². The lowest BCUT2D eigenvalue weighted by atomic mass is 9.96. The molecule has 0 unspecified atom stereocenters. The molecule has 0 saturated carbocycles. The molecular weight excluding hydrogens is 444 g/mol. The molecule has 0 spiro atoms. The number of hydrogen-bond donors (Lipinski definition) is 1. The molecule has 2 aromatic carbocycles. The van der Waals surface area contributed by atoms with Gasteiger partial charge < -0.3 is 19.7 Å². The first-order chi connectivity index (χ1) is 17.1. The molecule has 178 valence electrons. The van der Waals surface area contributed by atoms with Crippen LogP contribution in [-0.4, -0.2) is 45.6 Å². The molecule has 0 radical (unpaired) electrons. The van der Waals surface area contributed by atoms with E-state index in [1.165, 1.54) is 5.56 Å². The molecule has 0 atom stereocenters. The first-order valence-corrected chi connectivity index (χ1v) is 11.8. The molecule has 9 nitrogen and oxygen atoms in total. The highest BCUT2D eigenvalue weighted by Gasteiger charge is 2.26. The Bertz CT molecular complexity index is 1380. The number of aromatic nitrogens is 4. The van der Waals surface area contributed by atoms with Crippen molar-refractivity contribution in [3.63, 3.8) is 0 Å². The summed E-state index contributed by atoms with van der Waals surface area (Å²) in [6, 6.07) is 17.9. The van der Waals surface area contributed by atoms with Gasteiger partial charge in [-0.1, -0.05) is 35.9 Å². The van der Waals surface area contributed by atoms with E-state index in [9.17, 15) is 4.79 Å². The lowest BCUT2D eigenvalue weighted by Gasteiger charge is -2.32. The van der Waals surface area contributed by atoms with Crippen LogP contribution in [0.1, 0.15) is 24.0 Å². The van der Waals surface area contributed by atoms with Gasteiger partial charge in [0.25, 0.3) is 0 Å². The lowest BCUT2D eigenvalue weighted by Crippen LogP contribution is -2.40. The summed E-state index contributed by atoms with van der Waals surface area (Å²) >= 11 is 0. The second kappa shape index (κ2) is 8.90. The zero-order valence-electron chi connectivity index (χ0n) is 19.5. The number of anilines is 1. The van der Waals surface area contributed by atoms with Crippen LogP contribution in [0.4, 0.5) is 5.82 Å². The summed E-state index contributed by atoms with van der Waals surface area (Å²) in [5.74, 6) is 3.14. The number of carbonyl (C=O) groups excluding carboxylic acids is 1. The molecule has 1 fully saturated rings. The molecule has 1 saturated heterocycles. The van der Waals surface area contributed by atoms with Crippen molar-refractivity contribution in [1.29, 1.82) is 0 Å². The highest BCUT2D eigenvalue weighted by atomic mass is 16.7. The smallest absolute Gasteiger partial charge is 0.231 e. The number of nitrogens with zero attached hydrogens (tertiary/aromatic N) is 5. The molecule has 2 aliphatic rings. The first kappa shape index (κ1) is 21.4. The van der Waals surface area contributed by atoms with Crippen molar-refractivity contribution in [2.24, 2.45) is 5.92 Å². The van der Waals surface area contributed by atoms with E-state index in [-0.39, 0.29) is 18.6 Å². The fourth-order valence-corrected chi connectivity index (χ4v) is 4.59. The quantitative estimate of drug-likeness (QED) is 0.478. The summed E-state index contributed by atoms with van der Waals surface area (Å²) in [5.41, 5.74) is 3.88. The number of aryl methyl sites for hydroxylation is 1. The van der Waals surface area contributed by atoms with Crippen molar-refractivity contribution in [3.05, 3.63) is 65.7 Å². The molecule has 4 aromatic rings. The monoisotopic (exact) mass is 470 g/mol.